The van der Waals surface area contributed by atoms with E-state index in [1.54, 1.807) is 6.08 Å². The van der Waals surface area contributed by atoms with Crippen molar-refractivity contribution in [1.29, 1.82) is 0 Å². The van der Waals surface area contributed by atoms with Crippen LogP contribution in [0.2, 0.25) is 0 Å². The van der Waals surface area contributed by atoms with Crippen molar-refractivity contribution >= 4 is 5.91 Å². The number of hydrogen-bond donors (Lipinski definition) is 12. The number of aliphatic hydroxyl groups is 11. The van der Waals surface area contributed by atoms with Gasteiger partial charge < -0.3 is 89.9 Å². The van der Waals surface area contributed by atoms with Gasteiger partial charge in [0.1, 0.15) is 73.2 Å². The van der Waals surface area contributed by atoms with E-state index in [2.05, 4.69) is 129 Å². The van der Waals surface area contributed by atoms with Crippen molar-refractivity contribution in [3.8, 4) is 0 Å². The number of hydrogen-bond acceptors (Lipinski definition) is 18. The van der Waals surface area contributed by atoms with E-state index in [1.807, 2.05) is 6.08 Å². The molecule has 17 atom stereocenters. The molecule has 91 heavy (non-hydrogen) atoms. The quantitative estimate of drug-likeness (QED) is 0.0200. The average molecular weight is 1290 g/mol. The average Bonchev–Trinajstić information content (AvgIpc) is 1.05. The molecule has 19 nitrogen and oxygen atoms in total. The van der Waals surface area contributed by atoms with Crippen LogP contribution in [0.5, 0.6) is 0 Å². The molecule has 1 amide bonds. The molecular formula is C72H119NO18. The highest BCUT2D eigenvalue weighted by atomic mass is 16.8. The van der Waals surface area contributed by atoms with Gasteiger partial charge in [-0.1, -0.05) is 212 Å². The summed E-state index contributed by atoms with van der Waals surface area (Å²) in [7, 11) is 0. The molecule has 0 radical (unpaired) electrons. The Kier molecular flexibility index (Phi) is 46.9. The maximum atomic E-state index is 13.4. The Hall–Kier alpha value is -3.81. The summed E-state index contributed by atoms with van der Waals surface area (Å²) in [4.78, 5) is 13.4. The predicted octanol–water partition coefficient (Wildman–Crippen LogP) is 8.82. The molecule has 12 N–H and O–H groups in total. The summed E-state index contributed by atoms with van der Waals surface area (Å²) in [5, 5.41) is 120. The number of ether oxygens (including phenoxy) is 6. The van der Waals surface area contributed by atoms with Gasteiger partial charge in [-0.3, -0.25) is 4.79 Å². The maximum Gasteiger partial charge on any atom is 0.220 e. The van der Waals surface area contributed by atoms with Crippen molar-refractivity contribution in [3.63, 3.8) is 0 Å². The second kappa shape index (κ2) is 52.5. The molecule has 17 unspecified atom stereocenters. The largest absolute Gasteiger partial charge is 0.394 e. The second-order valence-corrected chi connectivity index (χ2v) is 23.9. The summed E-state index contributed by atoms with van der Waals surface area (Å²) in [5.74, 6) is -0.299. The Balaban J connectivity index is 1.35. The molecule has 0 bridgehead atoms. The molecule has 0 spiro atoms. The first-order valence-corrected chi connectivity index (χ1v) is 34.3. The van der Waals surface area contributed by atoms with Crippen LogP contribution in [-0.4, -0.2) is 193 Å². The molecule has 0 aliphatic carbocycles. The molecule has 0 aromatic carbocycles. The van der Waals surface area contributed by atoms with Gasteiger partial charge in [-0.05, 0) is 96.3 Å². The van der Waals surface area contributed by atoms with Gasteiger partial charge in [-0.2, -0.15) is 0 Å². The lowest BCUT2D eigenvalue weighted by Crippen LogP contribution is -2.66. The van der Waals surface area contributed by atoms with Crippen LogP contribution in [0.4, 0.5) is 0 Å². The summed E-state index contributed by atoms with van der Waals surface area (Å²) in [6.07, 6.45) is 44.9. The first-order valence-electron chi connectivity index (χ1n) is 34.3. The second-order valence-electron chi connectivity index (χ2n) is 23.9. The third kappa shape index (κ3) is 34.4. The van der Waals surface area contributed by atoms with Gasteiger partial charge in [0.05, 0.1) is 38.6 Å². The highest BCUT2D eigenvalue weighted by Crippen LogP contribution is 2.33. The van der Waals surface area contributed by atoms with Crippen LogP contribution in [0.15, 0.2) is 122 Å². The number of unbranched alkanes of at least 4 members (excludes halogenated alkanes) is 16. The minimum atomic E-state index is -1.99. The van der Waals surface area contributed by atoms with Gasteiger partial charge in [-0.15, -0.1) is 0 Å². The van der Waals surface area contributed by atoms with Gasteiger partial charge in [0.2, 0.25) is 5.91 Å². The van der Waals surface area contributed by atoms with Gasteiger partial charge in [-0.25, -0.2) is 0 Å². The molecule has 3 aliphatic heterocycles. The summed E-state index contributed by atoms with van der Waals surface area (Å²) >= 11 is 0. The molecule has 3 heterocycles. The van der Waals surface area contributed by atoms with Crippen molar-refractivity contribution in [2.75, 3.05) is 26.4 Å². The van der Waals surface area contributed by atoms with Gasteiger partial charge in [0, 0.05) is 6.42 Å². The van der Waals surface area contributed by atoms with Crippen LogP contribution in [0.3, 0.4) is 0 Å². The monoisotopic (exact) mass is 1290 g/mol. The number of aliphatic hydroxyl groups excluding tert-OH is 11. The van der Waals surface area contributed by atoms with E-state index in [0.717, 1.165) is 109 Å². The zero-order chi connectivity index (χ0) is 66.1. The number of carbonyl (C=O) groups excluding carboxylic acids is 1. The van der Waals surface area contributed by atoms with E-state index >= 15 is 0 Å². The van der Waals surface area contributed by atoms with Crippen molar-refractivity contribution in [2.24, 2.45) is 0 Å². The number of allylic oxidation sites excluding steroid dienone is 19. The molecule has 0 aromatic heterocycles. The van der Waals surface area contributed by atoms with E-state index in [0.29, 0.717) is 12.8 Å². The molecule has 3 fully saturated rings. The van der Waals surface area contributed by atoms with Crippen LogP contribution in [-0.2, 0) is 33.2 Å². The van der Waals surface area contributed by atoms with Gasteiger partial charge >= 0.3 is 0 Å². The lowest BCUT2D eigenvalue weighted by molar-refractivity contribution is -0.379. The number of nitrogens with one attached hydrogen (secondary N) is 1. The summed E-state index contributed by atoms with van der Waals surface area (Å²) < 4.78 is 34.2. The van der Waals surface area contributed by atoms with Gasteiger partial charge in [0.15, 0.2) is 18.9 Å². The minimum Gasteiger partial charge on any atom is -0.394 e. The topological polar surface area (TPSA) is 307 Å². The lowest BCUT2D eigenvalue weighted by atomic mass is 9.96. The summed E-state index contributed by atoms with van der Waals surface area (Å²) in [5.41, 5.74) is 0. The van der Waals surface area contributed by atoms with Gasteiger partial charge in [0.25, 0.3) is 0 Å². The zero-order valence-electron chi connectivity index (χ0n) is 54.8. The fourth-order valence-corrected chi connectivity index (χ4v) is 10.7. The number of carbonyl (C=O) groups is 1. The Labute approximate surface area is 544 Å². The molecular weight excluding hydrogens is 1170 g/mol. The molecule has 3 aliphatic rings. The van der Waals surface area contributed by atoms with Crippen molar-refractivity contribution < 1.29 is 89.4 Å². The first-order chi connectivity index (χ1) is 44.3. The van der Waals surface area contributed by atoms with Crippen LogP contribution in [0, 0.1) is 0 Å². The Morgan fingerprint density at radius 1 is 0.407 bits per heavy atom. The van der Waals surface area contributed by atoms with Crippen LogP contribution in [0.1, 0.15) is 194 Å². The maximum absolute atomic E-state index is 13.4. The van der Waals surface area contributed by atoms with Crippen LogP contribution < -0.4 is 5.32 Å². The third-order valence-electron chi connectivity index (χ3n) is 16.2. The fourth-order valence-electron chi connectivity index (χ4n) is 10.7. The highest BCUT2D eigenvalue weighted by Gasteiger charge is 2.53. The Morgan fingerprint density at radius 3 is 1.22 bits per heavy atom. The van der Waals surface area contributed by atoms with Crippen molar-refractivity contribution in [1.82, 2.24) is 5.32 Å². The first kappa shape index (κ1) is 81.4. The lowest BCUT2D eigenvalue weighted by Gasteiger charge is -2.48. The summed E-state index contributed by atoms with van der Waals surface area (Å²) in [6, 6.07) is -1.00. The van der Waals surface area contributed by atoms with Crippen LogP contribution >= 0.6 is 0 Å². The zero-order valence-corrected chi connectivity index (χ0v) is 54.8. The molecule has 3 rings (SSSR count). The summed E-state index contributed by atoms with van der Waals surface area (Å²) in [6.45, 7) is 1.48. The van der Waals surface area contributed by atoms with Crippen molar-refractivity contribution in [3.05, 3.63) is 122 Å². The smallest absolute Gasteiger partial charge is 0.220 e. The van der Waals surface area contributed by atoms with E-state index in [-0.39, 0.29) is 18.9 Å². The number of rotatable bonds is 50. The molecule has 0 aromatic rings. The Bertz CT molecular complexity index is 2120. The Morgan fingerprint density at radius 2 is 0.769 bits per heavy atom. The minimum absolute atomic E-state index is 0.223. The molecule has 3 saturated heterocycles. The normalized spacial score (nSPS) is 28.6. The highest BCUT2D eigenvalue weighted by molar-refractivity contribution is 5.76. The van der Waals surface area contributed by atoms with E-state index in [4.69, 9.17) is 28.4 Å². The van der Waals surface area contributed by atoms with E-state index in [9.17, 15) is 61.0 Å². The number of amides is 1. The third-order valence-corrected chi connectivity index (χ3v) is 16.2. The van der Waals surface area contributed by atoms with Crippen molar-refractivity contribution in [2.45, 2.75) is 298 Å². The van der Waals surface area contributed by atoms with E-state index in [1.165, 1.54) is 51.4 Å². The predicted molar refractivity (Wildman–Crippen MR) is 355 cm³/mol. The van der Waals surface area contributed by atoms with E-state index < -0.39 is 124 Å². The molecule has 520 valence electrons. The molecule has 0 saturated carbocycles. The SMILES string of the molecule is CC/C=C\C/C=C\C/C=C\C/C=C\C/C=C\C/C=C\C/C=C\CCCCCCCCCCCCCCCC(=O)NC(COC1OC(CO)C(OC2OC(CO)C(OC3OC(CO)C(O)C(O)C3O)C(O)C2O)C(O)C1O)C(O)/C=C/CC/C=C/CC/C=C/CCC. The van der Waals surface area contributed by atoms with Crippen LogP contribution in [0.25, 0.3) is 0 Å². The fraction of sp³-hybridized carbons (Fsp3) is 0.708. The standard InChI is InChI=1S/C72H119NO18/c1-3-5-7-9-11-13-15-16-17-18-19-20-21-22-23-24-25-26-27-28-29-30-31-32-33-34-35-36-37-38-40-42-44-46-48-50-60(78)73-55(56(77)49-47-45-43-41-39-14-12-10-8-6-4-2)54-86-70-66(84)63(81)68(58(52-75)88-70)91-72-67(85)64(82)69(59(53-76)89-72)90-71-65(83)62(80)61(79)57(51-74)87-71/h5,7-8,10-11,13,16-17,19-20,22-23,25-26,28-29,39,41,47,49,55-59,61-72,74-77,79-85H,3-4,6,9,12,14-15,18,21,24,27,30-38,40,42-46,48,50-54H2,1-2H3,(H,73,78)/b7-5-,10-8+,13-11-,17-16-,20-19-,23-22-,26-25-,29-28-,41-39+,49-47+. The molecule has 19 heteroatoms.